The molecule has 3 aromatic rings. The molecular formula is C30H30ClFN6O. The van der Waals surface area contributed by atoms with E-state index < -0.39 is 11.4 Å². The Kier molecular flexibility index (Phi) is 7.36. The van der Waals surface area contributed by atoms with E-state index >= 15 is 0 Å². The summed E-state index contributed by atoms with van der Waals surface area (Å²) in [5.41, 5.74) is 5.87. The van der Waals surface area contributed by atoms with Crippen LogP contribution in [0.5, 0.6) is 0 Å². The molecular weight excluding hydrogens is 515 g/mol. The van der Waals surface area contributed by atoms with Crippen LogP contribution < -0.4 is 20.9 Å². The summed E-state index contributed by atoms with van der Waals surface area (Å²) in [5, 5.41) is 11.2. The highest BCUT2D eigenvalue weighted by Gasteiger charge is 2.34. The lowest BCUT2D eigenvalue weighted by atomic mass is 9.73. The topological polar surface area (TPSA) is 77.2 Å². The Balaban J connectivity index is 1.62. The third-order valence-corrected chi connectivity index (χ3v) is 8.55. The van der Waals surface area contributed by atoms with Crippen molar-refractivity contribution < 1.29 is 4.39 Å². The number of rotatable bonds is 6. The molecule has 0 bridgehead atoms. The van der Waals surface area contributed by atoms with Crippen LogP contribution in [0.3, 0.4) is 0 Å². The number of nitrogens with one attached hydrogen (secondary N) is 1. The number of halogens is 2. The van der Waals surface area contributed by atoms with Gasteiger partial charge in [-0.2, -0.15) is 5.26 Å². The van der Waals surface area contributed by atoms with Crippen LogP contribution in [0.1, 0.15) is 50.2 Å². The average Bonchev–Trinajstić information content (AvgIpc) is 3.33. The van der Waals surface area contributed by atoms with Crippen molar-refractivity contribution in [2.75, 3.05) is 30.0 Å². The first-order valence-electron chi connectivity index (χ1n) is 13.1. The Bertz CT molecular complexity index is 1560. The van der Waals surface area contributed by atoms with Crippen molar-refractivity contribution in [3.63, 3.8) is 0 Å². The second-order valence-electron chi connectivity index (χ2n) is 10.3. The van der Waals surface area contributed by atoms with Crippen LogP contribution in [0.15, 0.2) is 41.2 Å². The molecule has 0 amide bonds. The summed E-state index contributed by atoms with van der Waals surface area (Å²) in [6, 6.07) is 11.8. The number of terminal acetylenes is 1. The van der Waals surface area contributed by atoms with Crippen LogP contribution in [-0.2, 0) is 6.54 Å². The lowest BCUT2D eigenvalue weighted by Gasteiger charge is -2.42. The summed E-state index contributed by atoms with van der Waals surface area (Å²) in [5.74, 6) is 2.74. The van der Waals surface area contributed by atoms with Gasteiger partial charge < -0.3 is 9.91 Å². The lowest BCUT2D eigenvalue weighted by Crippen LogP contribution is -2.41. The van der Waals surface area contributed by atoms with Gasteiger partial charge in [0.2, 0.25) is 0 Å². The maximum atomic E-state index is 14.8. The zero-order chi connectivity index (χ0) is 27.7. The fraction of sp³-hybridized carbons (Fsp3) is 0.367. The molecule has 2 aliphatic rings. The van der Waals surface area contributed by atoms with E-state index in [4.69, 9.17) is 23.0 Å². The van der Waals surface area contributed by atoms with E-state index in [0.29, 0.717) is 36.7 Å². The Morgan fingerprint density at radius 3 is 2.67 bits per heavy atom. The predicted molar refractivity (Wildman–Crippen MR) is 152 cm³/mol. The quantitative estimate of drug-likeness (QED) is 0.417. The van der Waals surface area contributed by atoms with E-state index in [0.717, 1.165) is 43.4 Å². The van der Waals surface area contributed by atoms with Gasteiger partial charge in [0.05, 0.1) is 16.9 Å². The van der Waals surface area contributed by atoms with Gasteiger partial charge in [0, 0.05) is 38.7 Å². The van der Waals surface area contributed by atoms with Crippen LogP contribution in [-0.4, -0.2) is 29.7 Å². The number of fused-ring (bicyclic) bond motifs is 1. The SMILES string of the molecule is C#CCCC1(CC)CCN(c2nc(-c3ccc(C#N)c(F)c3)n(-c3ccc4c(c3)CNN4C)c(=O)c2Cl)CC1. The van der Waals surface area contributed by atoms with Crippen molar-refractivity contribution in [2.45, 2.75) is 45.6 Å². The molecule has 39 heavy (non-hydrogen) atoms. The highest BCUT2D eigenvalue weighted by Crippen LogP contribution is 2.41. The zero-order valence-electron chi connectivity index (χ0n) is 22.1. The van der Waals surface area contributed by atoms with Gasteiger partial charge in [-0.05, 0) is 66.6 Å². The third-order valence-electron chi connectivity index (χ3n) is 8.22. The van der Waals surface area contributed by atoms with Crippen molar-refractivity contribution in [2.24, 2.45) is 5.41 Å². The Hall–Kier alpha value is -3.85. The molecule has 5 rings (SSSR count). The standard InChI is InChI=1S/C30H30ClFN6O/c1-4-6-11-30(5-2)12-14-37(15-13-30)28-26(31)29(39)38(23-9-10-25-22(16-23)19-34-36(25)3)27(35-28)20-7-8-21(18-33)24(32)17-20/h1,7-10,16-17,34H,5-6,11-15,19H2,2-3H3. The fourth-order valence-corrected chi connectivity index (χ4v) is 5.90. The molecule has 2 aliphatic heterocycles. The van der Waals surface area contributed by atoms with Gasteiger partial charge in [0.15, 0.2) is 5.82 Å². The van der Waals surface area contributed by atoms with Crippen molar-refractivity contribution in [3.05, 3.63) is 68.7 Å². The largest absolute Gasteiger partial charge is 0.355 e. The first kappa shape index (κ1) is 26.7. The first-order valence-corrected chi connectivity index (χ1v) is 13.5. The number of nitrogens with zero attached hydrogens (tertiary/aromatic N) is 5. The molecule has 0 aliphatic carbocycles. The third kappa shape index (κ3) is 4.87. The van der Waals surface area contributed by atoms with E-state index in [1.165, 1.54) is 16.7 Å². The smallest absolute Gasteiger partial charge is 0.279 e. The van der Waals surface area contributed by atoms with Gasteiger partial charge in [-0.1, -0.05) is 24.9 Å². The van der Waals surface area contributed by atoms with E-state index in [1.54, 1.807) is 6.07 Å². The average molecular weight is 545 g/mol. The van der Waals surface area contributed by atoms with Gasteiger partial charge in [-0.25, -0.2) is 14.8 Å². The summed E-state index contributed by atoms with van der Waals surface area (Å²) in [7, 11) is 1.92. The number of aromatic nitrogens is 2. The molecule has 200 valence electrons. The Morgan fingerprint density at radius 2 is 2.00 bits per heavy atom. The minimum Gasteiger partial charge on any atom is -0.355 e. The first-order chi connectivity index (χ1) is 18.8. The second kappa shape index (κ2) is 10.7. The molecule has 0 unspecified atom stereocenters. The minimum absolute atomic E-state index is 0.0243. The molecule has 0 saturated carbocycles. The highest BCUT2D eigenvalue weighted by atomic mass is 35.5. The molecule has 1 N–H and O–H groups in total. The van der Waals surface area contributed by atoms with Crippen LogP contribution >= 0.6 is 11.6 Å². The zero-order valence-corrected chi connectivity index (χ0v) is 22.9. The van der Waals surface area contributed by atoms with Crippen LogP contribution in [0.4, 0.5) is 15.9 Å². The molecule has 7 nitrogen and oxygen atoms in total. The molecule has 2 aromatic carbocycles. The maximum Gasteiger partial charge on any atom is 0.279 e. The monoisotopic (exact) mass is 544 g/mol. The predicted octanol–water partition coefficient (Wildman–Crippen LogP) is 5.43. The molecule has 1 aromatic heterocycles. The van der Waals surface area contributed by atoms with Crippen molar-refractivity contribution in [1.82, 2.24) is 15.0 Å². The minimum atomic E-state index is -0.675. The van der Waals surface area contributed by atoms with Crippen LogP contribution in [0.25, 0.3) is 17.1 Å². The number of nitriles is 1. The molecule has 0 spiro atoms. The number of hydrazine groups is 1. The molecule has 1 saturated heterocycles. The van der Waals surface area contributed by atoms with Gasteiger partial charge in [-0.15, -0.1) is 12.3 Å². The number of benzene rings is 2. The van der Waals surface area contributed by atoms with Gasteiger partial charge in [-0.3, -0.25) is 9.36 Å². The van der Waals surface area contributed by atoms with Crippen molar-refractivity contribution in [1.29, 1.82) is 5.26 Å². The summed E-state index contributed by atoms with van der Waals surface area (Å²) >= 11 is 6.75. The Labute approximate surface area is 232 Å². The van der Waals surface area contributed by atoms with E-state index in [2.05, 4.69) is 18.3 Å². The molecule has 0 radical (unpaired) electrons. The molecule has 9 heteroatoms. The highest BCUT2D eigenvalue weighted by molar-refractivity contribution is 6.32. The summed E-state index contributed by atoms with van der Waals surface area (Å²) in [6.07, 6.45) is 10.1. The fourth-order valence-electron chi connectivity index (χ4n) is 5.66. The van der Waals surface area contributed by atoms with Gasteiger partial charge >= 0.3 is 0 Å². The van der Waals surface area contributed by atoms with E-state index in [-0.39, 0.29) is 21.8 Å². The molecule has 3 heterocycles. The van der Waals surface area contributed by atoms with Crippen molar-refractivity contribution in [3.8, 4) is 35.5 Å². The molecule has 0 atom stereocenters. The summed E-state index contributed by atoms with van der Waals surface area (Å²) < 4.78 is 16.2. The second-order valence-corrected chi connectivity index (χ2v) is 10.6. The maximum absolute atomic E-state index is 14.8. The van der Waals surface area contributed by atoms with E-state index in [1.807, 2.05) is 41.2 Å². The summed E-state index contributed by atoms with van der Waals surface area (Å²) in [4.78, 5) is 20.8. The molecule has 1 fully saturated rings. The van der Waals surface area contributed by atoms with Crippen LogP contribution in [0, 0.1) is 34.9 Å². The number of hydrogen-bond donors (Lipinski definition) is 1. The van der Waals surface area contributed by atoms with Crippen molar-refractivity contribution >= 4 is 23.1 Å². The van der Waals surface area contributed by atoms with E-state index in [9.17, 15) is 14.4 Å². The number of hydrogen-bond acceptors (Lipinski definition) is 6. The normalized spacial score (nSPS) is 16.1. The number of anilines is 2. The van der Waals surface area contributed by atoms with Gasteiger partial charge in [0.25, 0.3) is 5.56 Å². The Morgan fingerprint density at radius 1 is 1.23 bits per heavy atom. The van der Waals surface area contributed by atoms with Crippen LogP contribution in [0.2, 0.25) is 5.02 Å². The lowest BCUT2D eigenvalue weighted by molar-refractivity contribution is 0.193. The summed E-state index contributed by atoms with van der Waals surface area (Å²) in [6.45, 7) is 4.18. The number of piperidine rings is 1. The van der Waals surface area contributed by atoms with Gasteiger partial charge in [0.1, 0.15) is 22.7 Å².